The van der Waals surface area contributed by atoms with Crippen molar-refractivity contribution in [3.63, 3.8) is 0 Å². The van der Waals surface area contributed by atoms with Crippen LogP contribution in [0.3, 0.4) is 0 Å². The summed E-state index contributed by atoms with van der Waals surface area (Å²) in [4.78, 5) is 36.1. The molecule has 0 aliphatic carbocycles. The van der Waals surface area contributed by atoms with Gasteiger partial charge < -0.3 is 24.8 Å². The first-order valence-electron chi connectivity index (χ1n) is 9.46. The minimum atomic E-state index is -0.995. The van der Waals surface area contributed by atoms with Crippen LogP contribution < -0.4 is 20.1 Å². The highest BCUT2D eigenvalue weighted by molar-refractivity contribution is 5.95. The van der Waals surface area contributed by atoms with Gasteiger partial charge in [-0.1, -0.05) is 30.3 Å². The zero-order valence-electron chi connectivity index (χ0n) is 17.3. The van der Waals surface area contributed by atoms with Crippen molar-refractivity contribution in [3.05, 3.63) is 54.1 Å². The number of carbonyl (C=O) groups is 3. The average Bonchev–Trinajstić information content (AvgIpc) is 2.74. The van der Waals surface area contributed by atoms with Gasteiger partial charge in [-0.2, -0.15) is 0 Å². The largest absolute Gasteiger partial charge is 0.493 e. The van der Waals surface area contributed by atoms with Gasteiger partial charge in [0.1, 0.15) is 0 Å². The molecule has 0 bridgehead atoms. The number of anilines is 1. The van der Waals surface area contributed by atoms with Gasteiger partial charge in [0.05, 0.1) is 27.1 Å². The van der Waals surface area contributed by atoms with Crippen molar-refractivity contribution >= 4 is 23.5 Å². The van der Waals surface area contributed by atoms with Crippen LogP contribution in [0.25, 0.3) is 0 Å². The molecule has 0 saturated heterocycles. The number of rotatable bonds is 10. The summed E-state index contributed by atoms with van der Waals surface area (Å²) in [5.41, 5.74) is 1.37. The molecule has 2 rings (SSSR count). The minimum absolute atomic E-state index is 0.0332. The highest BCUT2D eigenvalue weighted by Gasteiger charge is 2.18. The van der Waals surface area contributed by atoms with E-state index in [1.165, 1.54) is 21.1 Å². The number of hydrogen-bond donors (Lipinski definition) is 2. The van der Waals surface area contributed by atoms with Crippen LogP contribution in [0.4, 0.5) is 5.69 Å². The summed E-state index contributed by atoms with van der Waals surface area (Å²) in [5, 5.41) is 5.31. The fraction of sp³-hybridized carbons (Fsp3) is 0.318. The van der Waals surface area contributed by atoms with Crippen molar-refractivity contribution in [1.82, 2.24) is 5.32 Å². The molecule has 160 valence electrons. The van der Waals surface area contributed by atoms with E-state index in [1.54, 1.807) is 18.2 Å². The van der Waals surface area contributed by atoms with Gasteiger partial charge in [-0.05, 0) is 24.6 Å². The Morgan fingerprint density at radius 3 is 2.33 bits per heavy atom. The highest BCUT2D eigenvalue weighted by Crippen LogP contribution is 2.29. The smallest absolute Gasteiger partial charge is 0.308 e. The summed E-state index contributed by atoms with van der Waals surface area (Å²) in [7, 11) is 3.01. The molecular formula is C22H26N2O6. The Hall–Kier alpha value is -3.55. The quantitative estimate of drug-likeness (QED) is 0.579. The number of amides is 2. The van der Waals surface area contributed by atoms with Gasteiger partial charge in [-0.3, -0.25) is 14.4 Å². The van der Waals surface area contributed by atoms with Gasteiger partial charge in [0.25, 0.3) is 5.91 Å². The second-order valence-corrected chi connectivity index (χ2v) is 6.45. The molecule has 0 fully saturated rings. The lowest BCUT2D eigenvalue weighted by molar-refractivity contribution is -0.153. The Bertz CT molecular complexity index is 869. The van der Waals surface area contributed by atoms with E-state index in [2.05, 4.69) is 10.6 Å². The van der Waals surface area contributed by atoms with Crippen LogP contribution in [0.1, 0.15) is 18.9 Å². The third-order valence-corrected chi connectivity index (χ3v) is 4.19. The predicted octanol–water partition coefficient (Wildman–Crippen LogP) is 2.32. The molecule has 0 heterocycles. The molecule has 2 amide bonds. The molecule has 2 N–H and O–H groups in total. The molecule has 1 unspecified atom stereocenters. The van der Waals surface area contributed by atoms with Gasteiger partial charge in [0.2, 0.25) is 5.91 Å². The zero-order valence-corrected chi connectivity index (χ0v) is 17.3. The normalized spacial score (nSPS) is 11.2. The first-order valence-corrected chi connectivity index (χ1v) is 9.46. The number of carbonyl (C=O) groups excluding carboxylic acids is 3. The summed E-state index contributed by atoms with van der Waals surface area (Å²) in [5.74, 6) is -0.252. The molecule has 0 aliphatic heterocycles. The molecule has 30 heavy (non-hydrogen) atoms. The lowest BCUT2D eigenvalue weighted by atomic mass is 10.1. The van der Waals surface area contributed by atoms with Gasteiger partial charge in [0.15, 0.2) is 17.6 Å². The maximum atomic E-state index is 12.3. The summed E-state index contributed by atoms with van der Waals surface area (Å²) in [6, 6.07) is 14.2. The SMILES string of the molecule is COc1ccc(NC(=O)C(C)OC(=O)CCNC(=O)Cc2ccccc2)cc1OC. The lowest BCUT2D eigenvalue weighted by Crippen LogP contribution is -2.32. The van der Waals surface area contributed by atoms with Crippen LogP contribution >= 0.6 is 0 Å². The monoisotopic (exact) mass is 414 g/mol. The summed E-state index contributed by atoms with van der Waals surface area (Å²) in [6.45, 7) is 1.61. The van der Waals surface area contributed by atoms with E-state index in [4.69, 9.17) is 14.2 Å². The minimum Gasteiger partial charge on any atom is -0.493 e. The second-order valence-electron chi connectivity index (χ2n) is 6.45. The predicted molar refractivity (Wildman–Crippen MR) is 112 cm³/mol. The molecule has 0 radical (unpaired) electrons. The van der Waals surface area contributed by atoms with E-state index in [1.807, 2.05) is 30.3 Å². The van der Waals surface area contributed by atoms with E-state index in [0.29, 0.717) is 17.2 Å². The zero-order chi connectivity index (χ0) is 21.9. The number of ether oxygens (including phenoxy) is 3. The molecule has 0 aromatic heterocycles. The molecule has 1 atom stereocenters. The van der Waals surface area contributed by atoms with E-state index < -0.39 is 18.0 Å². The van der Waals surface area contributed by atoms with Crippen LogP contribution in [-0.4, -0.2) is 44.7 Å². The maximum Gasteiger partial charge on any atom is 0.308 e. The van der Waals surface area contributed by atoms with Gasteiger partial charge >= 0.3 is 5.97 Å². The first-order chi connectivity index (χ1) is 14.4. The number of hydrogen-bond acceptors (Lipinski definition) is 6. The topological polar surface area (TPSA) is 103 Å². The molecule has 8 heteroatoms. The molecule has 0 saturated carbocycles. The van der Waals surface area contributed by atoms with Crippen molar-refractivity contribution in [2.24, 2.45) is 0 Å². The van der Waals surface area contributed by atoms with E-state index in [-0.39, 0.29) is 25.3 Å². The van der Waals surface area contributed by atoms with Gasteiger partial charge in [0, 0.05) is 18.3 Å². The highest BCUT2D eigenvalue weighted by atomic mass is 16.5. The van der Waals surface area contributed by atoms with Crippen LogP contribution in [-0.2, 0) is 25.5 Å². The molecule has 0 aliphatic rings. The maximum absolute atomic E-state index is 12.3. The first kappa shape index (κ1) is 22.7. The number of nitrogens with one attached hydrogen (secondary N) is 2. The second kappa shape index (κ2) is 11.5. The van der Waals surface area contributed by atoms with Crippen molar-refractivity contribution in [2.75, 3.05) is 26.1 Å². The number of benzene rings is 2. The molecule has 2 aromatic rings. The van der Waals surface area contributed by atoms with E-state index in [0.717, 1.165) is 5.56 Å². The standard InChI is InChI=1S/C22H26N2O6/c1-15(22(27)24-17-9-10-18(28-2)19(14-17)29-3)30-21(26)11-12-23-20(25)13-16-7-5-4-6-8-16/h4-10,14-15H,11-13H2,1-3H3,(H,23,25)(H,24,27). The van der Waals surface area contributed by atoms with Crippen LogP contribution in [0.15, 0.2) is 48.5 Å². The third kappa shape index (κ3) is 7.12. The Labute approximate surface area is 175 Å². The molecule has 2 aromatic carbocycles. The van der Waals surface area contributed by atoms with Gasteiger partial charge in [-0.15, -0.1) is 0 Å². The number of methoxy groups -OCH3 is 2. The van der Waals surface area contributed by atoms with Gasteiger partial charge in [-0.25, -0.2) is 0 Å². The molecule has 8 nitrogen and oxygen atoms in total. The Morgan fingerprint density at radius 1 is 0.967 bits per heavy atom. The fourth-order valence-corrected chi connectivity index (χ4v) is 2.62. The number of esters is 1. The van der Waals surface area contributed by atoms with Crippen LogP contribution in [0, 0.1) is 0 Å². The Balaban J connectivity index is 1.74. The van der Waals surface area contributed by atoms with Crippen molar-refractivity contribution in [1.29, 1.82) is 0 Å². The Kier molecular flexibility index (Phi) is 8.68. The molecular weight excluding hydrogens is 388 g/mol. The summed E-state index contributed by atoms with van der Waals surface area (Å²) in [6.07, 6.45) is -0.792. The summed E-state index contributed by atoms with van der Waals surface area (Å²) >= 11 is 0. The van der Waals surface area contributed by atoms with Crippen molar-refractivity contribution in [3.8, 4) is 11.5 Å². The summed E-state index contributed by atoms with van der Waals surface area (Å²) < 4.78 is 15.5. The fourth-order valence-electron chi connectivity index (χ4n) is 2.62. The van der Waals surface area contributed by atoms with E-state index in [9.17, 15) is 14.4 Å². The molecule has 0 spiro atoms. The third-order valence-electron chi connectivity index (χ3n) is 4.19. The van der Waals surface area contributed by atoms with E-state index >= 15 is 0 Å². The lowest BCUT2D eigenvalue weighted by Gasteiger charge is -2.15. The average molecular weight is 414 g/mol. The van der Waals surface area contributed by atoms with Crippen LogP contribution in [0.2, 0.25) is 0 Å². The Morgan fingerprint density at radius 2 is 1.67 bits per heavy atom. The van der Waals surface area contributed by atoms with Crippen molar-refractivity contribution < 1.29 is 28.6 Å². The van der Waals surface area contributed by atoms with Crippen LogP contribution in [0.5, 0.6) is 11.5 Å². The van der Waals surface area contributed by atoms with Crippen molar-refractivity contribution in [2.45, 2.75) is 25.9 Å².